The molecule has 22 heavy (non-hydrogen) atoms. The first-order chi connectivity index (χ1) is 10.7. The fourth-order valence-corrected chi connectivity index (χ4v) is 1.98. The Labute approximate surface area is 137 Å². The Morgan fingerprint density at radius 1 is 0.955 bits per heavy atom. The number of ether oxygens (including phenoxy) is 1. The van der Waals surface area contributed by atoms with Crippen molar-refractivity contribution in [3.05, 3.63) is 77.4 Å². The smallest absolute Gasteiger partial charge is 0.338 e. The fourth-order valence-electron chi connectivity index (χ4n) is 1.82. The monoisotopic (exact) mass is 358 g/mol. The molecule has 0 atom stereocenters. The van der Waals surface area contributed by atoms with Crippen molar-refractivity contribution >= 4 is 33.8 Å². The highest BCUT2D eigenvalue weighted by Crippen LogP contribution is 2.09. The molecular weight excluding hydrogens is 344 g/mol. The Balaban J connectivity index is 2.00. The molecule has 0 unspecified atom stereocenters. The van der Waals surface area contributed by atoms with Crippen molar-refractivity contribution in [2.45, 2.75) is 0 Å². The molecule has 0 aliphatic carbocycles. The van der Waals surface area contributed by atoms with Crippen LogP contribution in [0.3, 0.4) is 0 Å². The fraction of sp³-hybridized carbons (Fsp3) is 0.111. The maximum Gasteiger partial charge on any atom is 0.338 e. The molecule has 0 fully saturated rings. The number of ketones is 1. The van der Waals surface area contributed by atoms with Crippen LogP contribution in [0.1, 0.15) is 26.3 Å². The third-order valence-corrected chi connectivity index (χ3v) is 3.27. The van der Waals surface area contributed by atoms with E-state index < -0.39 is 0 Å². The number of alkyl halides is 1. The van der Waals surface area contributed by atoms with Crippen LogP contribution in [0.2, 0.25) is 0 Å². The van der Waals surface area contributed by atoms with Crippen LogP contribution in [-0.2, 0) is 4.74 Å². The summed E-state index contributed by atoms with van der Waals surface area (Å²) in [6, 6.07) is 16.0. The second-order valence-electron chi connectivity index (χ2n) is 4.51. The summed E-state index contributed by atoms with van der Waals surface area (Å²) in [5, 5.41) is 0.612. The molecule has 0 aromatic heterocycles. The molecule has 0 spiro atoms. The van der Waals surface area contributed by atoms with Gasteiger partial charge in [0.15, 0.2) is 5.78 Å². The van der Waals surface area contributed by atoms with Gasteiger partial charge in [-0.1, -0.05) is 64.5 Å². The second-order valence-corrected chi connectivity index (χ2v) is 5.30. The highest BCUT2D eigenvalue weighted by Gasteiger charge is 2.05. The van der Waals surface area contributed by atoms with Crippen LogP contribution in [-0.4, -0.2) is 23.7 Å². The summed E-state index contributed by atoms with van der Waals surface area (Å²) < 4.78 is 5.02. The number of esters is 1. The quantitative estimate of drug-likeness (QED) is 0.337. The summed E-state index contributed by atoms with van der Waals surface area (Å²) >= 11 is 3.20. The van der Waals surface area contributed by atoms with Crippen molar-refractivity contribution in [1.29, 1.82) is 0 Å². The minimum Gasteiger partial charge on any atom is -0.461 e. The van der Waals surface area contributed by atoms with Gasteiger partial charge in [-0.3, -0.25) is 4.79 Å². The summed E-state index contributed by atoms with van der Waals surface area (Å²) in [5.74, 6) is -0.406. The minimum atomic E-state index is -0.352. The third-order valence-electron chi connectivity index (χ3n) is 2.94. The Morgan fingerprint density at radius 2 is 1.64 bits per heavy atom. The van der Waals surface area contributed by atoms with Gasteiger partial charge in [0.2, 0.25) is 0 Å². The molecule has 3 nitrogen and oxygen atoms in total. The molecular formula is C18H15BrO3. The van der Waals surface area contributed by atoms with E-state index in [1.807, 2.05) is 18.2 Å². The van der Waals surface area contributed by atoms with E-state index in [0.717, 1.165) is 5.56 Å². The number of carbonyl (C=O) groups is 2. The van der Waals surface area contributed by atoms with Gasteiger partial charge in [-0.05, 0) is 23.8 Å². The molecule has 2 rings (SSSR count). The van der Waals surface area contributed by atoms with Crippen LogP contribution < -0.4 is 0 Å². The molecule has 0 radical (unpaired) electrons. The SMILES string of the molecule is O=C(C=Cc1ccc(C(=O)OCCBr)cc1)c1ccccc1. The Hall–Kier alpha value is -2.20. The lowest BCUT2D eigenvalue weighted by molar-refractivity contribution is 0.0531. The Morgan fingerprint density at radius 3 is 2.27 bits per heavy atom. The Bertz CT molecular complexity index is 660. The van der Waals surface area contributed by atoms with Crippen LogP contribution in [0.15, 0.2) is 60.7 Å². The van der Waals surface area contributed by atoms with Gasteiger partial charge < -0.3 is 4.74 Å². The van der Waals surface area contributed by atoms with Crippen molar-refractivity contribution in [2.75, 3.05) is 11.9 Å². The molecule has 4 heteroatoms. The maximum absolute atomic E-state index is 11.9. The molecule has 0 amide bonds. The standard InChI is InChI=1S/C18H15BrO3/c19-12-13-22-18(21)16-9-6-14(7-10-16)8-11-17(20)15-4-2-1-3-5-15/h1-11H,12-13H2. The van der Waals surface area contributed by atoms with E-state index >= 15 is 0 Å². The molecule has 0 aliphatic rings. The number of allylic oxidation sites excluding steroid dienone is 1. The highest BCUT2D eigenvalue weighted by molar-refractivity contribution is 9.09. The molecule has 0 N–H and O–H groups in total. The first-order valence-corrected chi connectivity index (χ1v) is 7.93. The lowest BCUT2D eigenvalue weighted by atomic mass is 10.1. The Kier molecular flexibility index (Phi) is 6.10. The van der Waals surface area contributed by atoms with Crippen molar-refractivity contribution in [1.82, 2.24) is 0 Å². The largest absolute Gasteiger partial charge is 0.461 e. The zero-order chi connectivity index (χ0) is 15.8. The van der Waals surface area contributed by atoms with Gasteiger partial charge in [-0.25, -0.2) is 4.79 Å². The summed E-state index contributed by atoms with van der Waals surface area (Å²) in [6.45, 7) is 0.339. The number of hydrogen-bond acceptors (Lipinski definition) is 3. The van der Waals surface area contributed by atoms with E-state index in [1.165, 1.54) is 6.08 Å². The van der Waals surface area contributed by atoms with Gasteiger partial charge in [-0.15, -0.1) is 0 Å². The molecule has 0 bridgehead atoms. The zero-order valence-electron chi connectivity index (χ0n) is 11.9. The van der Waals surface area contributed by atoms with E-state index in [2.05, 4.69) is 15.9 Å². The minimum absolute atomic E-state index is 0.0543. The lowest BCUT2D eigenvalue weighted by Crippen LogP contribution is -2.06. The molecule has 2 aromatic rings. The predicted molar refractivity (Wildman–Crippen MR) is 90.3 cm³/mol. The van der Waals surface area contributed by atoms with Crippen LogP contribution in [0.4, 0.5) is 0 Å². The lowest BCUT2D eigenvalue weighted by Gasteiger charge is -2.02. The molecule has 0 saturated carbocycles. The van der Waals surface area contributed by atoms with Gasteiger partial charge >= 0.3 is 5.97 Å². The van der Waals surface area contributed by atoms with Crippen LogP contribution in [0, 0.1) is 0 Å². The average Bonchev–Trinajstić information content (AvgIpc) is 2.58. The van der Waals surface area contributed by atoms with Gasteiger partial charge in [0, 0.05) is 10.9 Å². The van der Waals surface area contributed by atoms with E-state index in [-0.39, 0.29) is 11.8 Å². The van der Waals surface area contributed by atoms with Crippen molar-refractivity contribution < 1.29 is 14.3 Å². The molecule has 0 heterocycles. The molecule has 0 saturated heterocycles. The number of carbonyl (C=O) groups excluding carboxylic acids is 2. The van der Waals surface area contributed by atoms with Crippen molar-refractivity contribution in [2.24, 2.45) is 0 Å². The van der Waals surface area contributed by atoms with Gasteiger partial charge in [0.1, 0.15) is 6.61 Å². The number of hydrogen-bond donors (Lipinski definition) is 0. The second kappa shape index (κ2) is 8.29. The van der Waals surface area contributed by atoms with Gasteiger partial charge in [-0.2, -0.15) is 0 Å². The van der Waals surface area contributed by atoms with E-state index in [1.54, 1.807) is 42.5 Å². The maximum atomic E-state index is 11.9. The topological polar surface area (TPSA) is 43.4 Å². The number of rotatable bonds is 6. The van der Waals surface area contributed by atoms with Crippen LogP contribution >= 0.6 is 15.9 Å². The molecule has 2 aromatic carbocycles. The summed E-state index contributed by atoms with van der Waals surface area (Å²) in [4.78, 5) is 23.6. The first-order valence-electron chi connectivity index (χ1n) is 6.81. The molecule has 0 aliphatic heterocycles. The predicted octanol–water partition coefficient (Wildman–Crippen LogP) is 4.13. The highest BCUT2D eigenvalue weighted by atomic mass is 79.9. The van der Waals surface area contributed by atoms with E-state index in [0.29, 0.717) is 23.1 Å². The van der Waals surface area contributed by atoms with Crippen LogP contribution in [0.5, 0.6) is 0 Å². The summed E-state index contributed by atoms with van der Waals surface area (Å²) in [6.07, 6.45) is 3.25. The van der Waals surface area contributed by atoms with Crippen molar-refractivity contribution in [3.63, 3.8) is 0 Å². The number of halogens is 1. The average molecular weight is 359 g/mol. The third kappa shape index (κ3) is 4.67. The van der Waals surface area contributed by atoms with E-state index in [9.17, 15) is 9.59 Å². The van der Waals surface area contributed by atoms with Gasteiger partial charge in [0.25, 0.3) is 0 Å². The summed E-state index contributed by atoms with van der Waals surface area (Å²) in [7, 11) is 0. The number of benzene rings is 2. The zero-order valence-corrected chi connectivity index (χ0v) is 13.5. The van der Waals surface area contributed by atoms with Gasteiger partial charge in [0.05, 0.1) is 5.56 Å². The normalized spacial score (nSPS) is 10.6. The summed E-state index contributed by atoms with van der Waals surface area (Å²) in [5.41, 5.74) is 1.99. The first kappa shape index (κ1) is 16.2. The molecule has 112 valence electrons. The van der Waals surface area contributed by atoms with E-state index in [4.69, 9.17) is 4.74 Å². The van der Waals surface area contributed by atoms with Crippen molar-refractivity contribution in [3.8, 4) is 0 Å². The van der Waals surface area contributed by atoms with Crippen LogP contribution in [0.25, 0.3) is 6.08 Å².